The number of ether oxygens (including phenoxy) is 1. The van der Waals surface area contributed by atoms with Crippen LogP contribution in [0.5, 0.6) is 0 Å². The van der Waals surface area contributed by atoms with E-state index in [-0.39, 0.29) is 52.5 Å². The van der Waals surface area contributed by atoms with E-state index < -0.39 is 0 Å². The Morgan fingerprint density at radius 3 is 2.46 bits per heavy atom. The molecule has 0 amide bonds. The van der Waals surface area contributed by atoms with E-state index in [1.807, 2.05) is 0 Å². The molecule has 8 atom stereocenters. The number of hydrazine groups is 1. The van der Waals surface area contributed by atoms with Gasteiger partial charge in [-0.15, -0.1) is 5.17 Å². The molecule has 0 aromatic carbocycles. The van der Waals surface area contributed by atoms with Gasteiger partial charge in [0.15, 0.2) is 0 Å². The quantitative estimate of drug-likeness (QED) is 0.560. The van der Waals surface area contributed by atoms with Crippen molar-refractivity contribution in [3.8, 4) is 0 Å². The molecule has 8 unspecified atom stereocenters. The predicted molar refractivity (Wildman–Crippen MR) is 76.8 cm³/mol. The highest BCUT2D eigenvalue weighted by Gasteiger charge is 2.92. The Morgan fingerprint density at radius 2 is 1.67 bits per heavy atom. The highest BCUT2D eigenvalue weighted by atomic mass is 16.8. The second-order valence-electron chi connectivity index (χ2n) is 8.63. The molecule has 9 heteroatoms. The molecule has 0 radical (unpaired) electrons. The van der Waals surface area contributed by atoms with E-state index >= 15 is 0 Å². The van der Waals surface area contributed by atoms with Gasteiger partial charge in [0.05, 0.1) is 37.4 Å². The molecule has 2 saturated carbocycles. The van der Waals surface area contributed by atoms with E-state index in [9.17, 15) is 9.59 Å². The second-order valence-corrected chi connectivity index (χ2v) is 8.63. The molecule has 24 heavy (non-hydrogen) atoms. The average Bonchev–Trinajstić information content (AvgIpc) is 3.29. The fraction of sp³-hybridized carbons (Fsp3) is 0.867. The summed E-state index contributed by atoms with van der Waals surface area (Å²) >= 11 is 0. The Labute approximate surface area is 135 Å². The van der Waals surface area contributed by atoms with Gasteiger partial charge in [-0.1, -0.05) is 0 Å². The molecule has 8 heterocycles. The normalized spacial score (nSPS) is 57.5. The lowest BCUT2D eigenvalue weighted by Gasteiger charge is -2.70. The topological polar surface area (TPSA) is 73.9 Å². The first-order chi connectivity index (χ1) is 11.6. The Morgan fingerprint density at radius 1 is 1.00 bits per heavy atom. The minimum absolute atomic E-state index is 0.0169. The van der Waals surface area contributed by atoms with Gasteiger partial charge in [0.25, 0.3) is 0 Å². The molecule has 9 aliphatic rings. The van der Waals surface area contributed by atoms with Gasteiger partial charge >= 0.3 is 11.4 Å². The Kier molecular flexibility index (Phi) is 1.48. The SMILES string of the molecule is Cn1c(=O)n2n(c1=O)C1C3C4ON5C6CCC(N35)C13COCC63C42. The zero-order chi connectivity index (χ0) is 15.7. The van der Waals surface area contributed by atoms with Crippen molar-refractivity contribution in [1.29, 1.82) is 0 Å². The summed E-state index contributed by atoms with van der Waals surface area (Å²) in [7, 11) is 1.59. The van der Waals surface area contributed by atoms with Crippen molar-refractivity contribution >= 4 is 0 Å². The van der Waals surface area contributed by atoms with Crippen LogP contribution in [0.15, 0.2) is 9.59 Å². The summed E-state index contributed by atoms with van der Waals surface area (Å²) in [6.07, 6.45) is 2.18. The van der Waals surface area contributed by atoms with Gasteiger partial charge < -0.3 is 4.74 Å². The molecule has 9 nitrogen and oxygen atoms in total. The van der Waals surface area contributed by atoms with Crippen LogP contribution in [0.2, 0.25) is 0 Å². The first-order valence-electron chi connectivity index (χ1n) is 8.86. The van der Waals surface area contributed by atoms with E-state index in [1.54, 1.807) is 16.4 Å². The van der Waals surface area contributed by atoms with Crippen molar-refractivity contribution in [1.82, 2.24) is 24.1 Å². The van der Waals surface area contributed by atoms with E-state index in [0.717, 1.165) is 12.8 Å². The molecule has 5 saturated heterocycles. The third-order valence-electron chi connectivity index (χ3n) is 8.55. The van der Waals surface area contributed by atoms with Gasteiger partial charge in [-0.2, -0.15) is 0 Å². The predicted octanol–water partition coefficient (Wildman–Crippen LogP) is -1.78. The lowest BCUT2D eigenvalue weighted by molar-refractivity contribution is -0.403. The monoisotopic (exact) mass is 331 g/mol. The number of hydrogen-bond donors (Lipinski definition) is 0. The highest BCUT2D eigenvalue weighted by molar-refractivity contribution is 5.38. The smallest absolute Gasteiger partial charge is 0.347 e. The Balaban J connectivity index is 1.62. The third-order valence-corrected chi connectivity index (χ3v) is 8.55. The van der Waals surface area contributed by atoms with Crippen molar-refractivity contribution in [3.63, 3.8) is 0 Å². The number of aromatic nitrogens is 3. The summed E-state index contributed by atoms with van der Waals surface area (Å²) < 4.78 is 10.9. The number of fused-ring (bicyclic) bond motifs is 1. The van der Waals surface area contributed by atoms with Crippen molar-refractivity contribution < 1.29 is 9.57 Å². The summed E-state index contributed by atoms with van der Waals surface area (Å²) in [5.74, 6) is 0. The fourth-order valence-corrected chi connectivity index (χ4v) is 8.16. The molecule has 7 aliphatic heterocycles. The molecular formula is C15H17N5O4. The van der Waals surface area contributed by atoms with Crippen molar-refractivity contribution in [2.75, 3.05) is 13.2 Å². The second kappa shape index (κ2) is 2.96. The van der Waals surface area contributed by atoms with Gasteiger partial charge in [0.1, 0.15) is 6.10 Å². The molecule has 126 valence electrons. The third kappa shape index (κ3) is 0.721. The van der Waals surface area contributed by atoms with Crippen LogP contribution in [0, 0.1) is 10.8 Å². The standard InChI is InChI=1S/C15H17N5O4/c1-16-12(21)18-10-8-9-11(19(18)13(16)22)15-5-23-4-14(10,15)6-2-3-7(15)20(24-9)17(6)8/h6-11H,2-5H2,1H3. The van der Waals surface area contributed by atoms with Crippen LogP contribution in [0.4, 0.5) is 0 Å². The lowest BCUT2D eigenvalue weighted by atomic mass is 9.44. The van der Waals surface area contributed by atoms with E-state index in [4.69, 9.17) is 9.57 Å². The molecular weight excluding hydrogens is 314 g/mol. The highest BCUT2D eigenvalue weighted by Crippen LogP contribution is 2.81. The molecule has 1 aromatic rings. The molecule has 1 aromatic heterocycles. The first kappa shape index (κ1) is 12.0. The number of hydrogen-bond acceptors (Lipinski definition) is 6. The van der Waals surface area contributed by atoms with Crippen LogP contribution in [-0.2, 0) is 16.6 Å². The van der Waals surface area contributed by atoms with Gasteiger partial charge in [0, 0.05) is 23.9 Å². The van der Waals surface area contributed by atoms with Crippen LogP contribution < -0.4 is 11.4 Å². The van der Waals surface area contributed by atoms with Crippen molar-refractivity contribution in [2.45, 2.75) is 49.2 Å². The van der Waals surface area contributed by atoms with Gasteiger partial charge in [-0.25, -0.2) is 28.5 Å². The van der Waals surface area contributed by atoms with Crippen LogP contribution in [0.3, 0.4) is 0 Å². The maximum Gasteiger partial charge on any atom is 0.347 e. The average molecular weight is 331 g/mol. The summed E-state index contributed by atoms with van der Waals surface area (Å²) in [5, 5.41) is 4.54. The van der Waals surface area contributed by atoms with E-state index in [2.05, 4.69) is 10.2 Å². The number of hydroxylamine groups is 1. The summed E-state index contributed by atoms with van der Waals surface area (Å²) in [6.45, 7) is 1.39. The zero-order valence-electron chi connectivity index (χ0n) is 13.2. The van der Waals surface area contributed by atoms with Gasteiger partial charge in [-0.3, -0.25) is 4.84 Å². The Bertz CT molecular complexity index is 944. The molecule has 1 spiro atoms. The summed E-state index contributed by atoms with van der Waals surface area (Å²) in [6, 6.07) is 0.687. The van der Waals surface area contributed by atoms with Crippen LogP contribution in [-0.4, -0.2) is 61.6 Å². The van der Waals surface area contributed by atoms with E-state index in [1.165, 1.54) is 4.57 Å². The molecule has 7 fully saturated rings. The minimum atomic E-state index is -0.207. The zero-order valence-corrected chi connectivity index (χ0v) is 13.2. The largest absolute Gasteiger partial charge is 0.380 e. The summed E-state index contributed by atoms with van der Waals surface area (Å²) in [4.78, 5) is 32.1. The van der Waals surface area contributed by atoms with Crippen molar-refractivity contribution in [3.05, 3.63) is 21.0 Å². The van der Waals surface area contributed by atoms with E-state index in [0.29, 0.717) is 19.3 Å². The van der Waals surface area contributed by atoms with Crippen LogP contribution in [0.25, 0.3) is 0 Å². The first-order valence-corrected chi connectivity index (χ1v) is 8.86. The van der Waals surface area contributed by atoms with Crippen molar-refractivity contribution in [2.24, 2.45) is 17.9 Å². The van der Waals surface area contributed by atoms with Crippen LogP contribution >= 0.6 is 0 Å². The molecule has 2 aliphatic carbocycles. The fourth-order valence-electron chi connectivity index (χ4n) is 8.16. The maximum atomic E-state index is 12.9. The number of rotatable bonds is 0. The molecule has 10 rings (SSSR count). The molecule has 0 N–H and O–H groups in total. The van der Waals surface area contributed by atoms with Gasteiger partial charge in [0.2, 0.25) is 0 Å². The maximum absolute atomic E-state index is 12.9. The van der Waals surface area contributed by atoms with Crippen LogP contribution in [0.1, 0.15) is 24.9 Å². The summed E-state index contributed by atoms with van der Waals surface area (Å²) in [5.41, 5.74) is -0.530. The number of nitrogens with zero attached hydrogens (tertiary/aromatic N) is 5. The van der Waals surface area contributed by atoms with Gasteiger partial charge in [-0.05, 0) is 12.8 Å². The minimum Gasteiger partial charge on any atom is -0.380 e. The molecule has 7 bridgehead atoms. The lowest BCUT2D eigenvalue weighted by Crippen LogP contribution is -2.80. The Hall–Kier alpha value is -1.42.